The van der Waals surface area contributed by atoms with E-state index in [-0.39, 0.29) is 0 Å². The van der Waals surface area contributed by atoms with E-state index < -0.39 is 0 Å². The van der Waals surface area contributed by atoms with E-state index in [4.69, 9.17) is 0 Å². The smallest absolute Gasteiger partial charge is 0.209 e. The van der Waals surface area contributed by atoms with Crippen molar-refractivity contribution in [1.29, 1.82) is 0 Å². The molecule has 0 spiro atoms. The number of piperazine rings is 1. The van der Waals surface area contributed by atoms with Gasteiger partial charge in [-0.3, -0.25) is 9.69 Å². The highest BCUT2D eigenvalue weighted by molar-refractivity contribution is 5.47. The van der Waals surface area contributed by atoms with E-state index in [0.717, 1.165) is 52.1 Å². The van der Waals surface area contributed by atoms with Crippen LogP contribution in [0.3, 0.4) is 0 Å². The zero-order valence-electron chi connectivity index (χ0n) is 8.85. The molecule has 0 unspecified atom stereocenters. The molecule has 0 radical (unpaired) electrons. The fourth-order valence-electron chi connectivity index (χ4n) is 2.35. The Bertz CT molecular complexity index is 202. The van der Waals surface area contributed by atoms with Crippen molar-refractivity contribution in [1.82, 2.24) is 14.7 Å². The predicted octanol–water partition coefficient (Wildman–Crippen LogP) is -0.535. The van der Waals surface area contributed by atoms with Gasteiger partial charge in [0, 0.05) is 45.3 Å². The maximum absolute atomic E-state index is 10.6. The van der Waals surface area contributed by atoms with Crippen molar-refractivity contribution in [2.24, 2.45) is 0 Å². The number of likely N-dealkylation sites (N-methyl/N-ethyl adjacent to an activating group) is 1. The van der Waals surface area contributed by atoms with Gasteiger partial charge in [-0.15, -0.1) is 0 Å². The van der Waals surface area contributed by atoms with E-state index in [9.17, 15) is 4.79 Å². The monoisotopic (exact) mass is 197 g/mol. The lowest BCUT2D eigenvalue weighted by molar-refractivity contribution is -0.117. The van der Waals surface area contributed by atoms with Crippen molar-refractivity contribution in [3.05, 3.63) is 0 Å². The van der Waals surface area contributed by atoms with Gasteiger partial charge in [0.1, 0.15) is 0 Å². The summed E-state index contributed by atoms with van der Waals surface area (Å²) in [5.41, 5.74) is 0. The predicted molar refractivity (Wildman–Crippen MR) is 55.1 cm³/mol. The summed E-state index contributed by atoms with van der Waals surface area (Å²) in [5, 5.41) is 0. The van der Waals surface area contributed by atoms with Crippen LogP contribution >= 0.6 is 0 Å². The molecule has 0 aliphatic carbocycles. The van der Waals surface area contributed by atoms with Gasteiger partial charge in [-0.2, -0.15) is 0 Å². The Labute approximate surface area is 85.5 Å². The van der Waals surface area contributed by atoms with Gasteiger partial charge in [0.05, 0.1) is 0 Å². The summed E-state index contributed by atoms with van der Waals surface area (Å²) >= 11 is 0. The first kappa shape index (κ1) is 9.93. The van der Waals surface area contributed by atoms with Crippen LogP contribution in [0.15, 0.2) is 0 Å². The summed E-state index contributed by atoms with van der Waals surface area (Å²) in [6.07, 6.45) is 2.14. The number of amides is 1. The first-order valence-electron chi connectivity index (χ1n) is 5.41. The SMILES string of the molecule is CN1CCN([C@H]2CCN(C=O)C2)CC1. The fraction of sp³-hybridized carbons (Fsp3) is 0.900. The maximum Gasteiger partial charge on any atom is 0.209 e. The maximum atomic E-state index is 10.6. The Balaban J connectivity index is 1.82. The summed E-state index contributed by atoms with van der Waals surface area (Å²) in [6, 6.07) is 0.619. The summed E-state index contributed by atoms with van der Waals surface area (Å²) in [6.45, 7) is 6.53. The molecule has 4 heteroatoms. The second kappa shape index (κ2) is 4.28. The molecule has 2 heterocycles. The van der Waals surface area contributed by atoms with Gasteiger partial charge in [0.2, 0.25) is 6.41 Å². The molecule has 2 saturated heterocycles. The Kier molecular flexibility index (Phi) is 3.03. The van der Waals surface area contributed by atoms with Crippen LogP contribution in [-0.4, -0.2) is 73.5 Å². The van der Waals surface area contributed by atoms with Crippen molar-refractivity contribution >= 4 is 6.41 Å². The lowest BCUT2D eigenvalue weighted by Gasteiger charge is -2.36. The minimum absolute atomic E-state index is 0.619. The molecule has 2 fully saturated rings. The number of hydrogen-bond donors (Lipinski definition) is 0. The second-order valence-electron chi connectivity index (χ2n) is 4.38. The molecule has 0 aromatic heterocycles. The summed E-state index contributed by atoms with van der Waals surface area (Å²) < 4.78 is 0. The molecule has 2 aliphatic rings. The summed E-state index contributed by atoms with van der Waals surface area (Å²) in [4.78, 5) is 17.4. The molecular formula is C10H19N3O. The van der Waals surface area contributed by atoms with E-state index in [2.05, 4.69) is 16.8 Å². The zero-order chi connectivity index (χ0) is 9.97. The minimum Gasteiger partial charge on any atom is -0.344 e. The van der Waals surface area contributed by atoms with E-state index in [1.807, 2.05) is 4.90 Å². The number of nitrogens with zero attached hydrogens (tertiary/aromatic N) is 3. The molecule has 1 atom stereocenters. The molecule has 2 aliphatic heterocycles. The number of hydrogen-bond acceptors (Lipinski definition) is 3. The number of carbonyl (C=O) groups is 1. The topological polar surface area (TPSA) is 26.8 Å². The lowest BCUT2D eigenvalue weighted by atomic mass is 10.2. The van der Waals surface area contributed by atoms with Gasteiger partial charge >= 0.3 is 0 Å². The highest BCUT2D eigenvalue weighted by atomic mass is 16.1. The third kappa shape index (κ3) is 2.07. The molecule has 0 saturated carbocycles. The molecule has 0 N–H and O–H groups in total. The normalized spacial score (nSPS) is 30.9. The molecule has 4 nitrogen and oxygen atoms in total. The van der Waals surface area contributed by atoms with Crippen LogP contribution in [-0.2, 0) is 4.79 Å². The van der Waals surface area contributed by atoms with Crippen molar-refractivity contribution in [3.8, 4) is 0 Å². The largest absolute Gasteiger partial charge is 0.344 e. The van der Waals surface area contributed by atoms with Crippen molar-refractivity contribution in [2.45, 2.75) is 12.5 Å². The molecule has 0 aromatic rings. The first-order valence-corrected chi connectivity index (χ1v) is 5.41. The van der Waals surface area contributed by atoms with Crippen molar-refractivity contribution in [2.75, 3.05) is 46.3 Å². The van der Waals surface area contributed by atoms with Crippen LogP contribution < -0.4 is 0 Å². The fourth-order valence-corrected chi connectivity index (χ4v) is 2.35. The number of rotatable bonds is 2. The average molecular weight is 197 g/mol. The van der Waals surface area contributed by atoms with Crippen LogP contribution in [0.4, 0.5) is 0 Å². The van der Waals surface area contributed by atoms with E-state index in [1.165, 1.54) is 0 Å². The van der Waals surface area contributed by atoms with Gasteiger partial charge in [-0.1, -0.05) is 0 Å². The third-order valence-electron chi connectivity index (χ3n) is 3.40. The Morgan fingerprint density at radius 2 is 1.86 bits per heavy atom. The molecular weight excluding hydrogens is 178 g/mol. The Morgan fingerprint density at radius 1 is 1.14 bits per heavy atom. The molecule has 14 heavy (non-hydrogen) atoms. The van der Waals surface area contributed by atoms with Crippen molar-refractivity contribution in [3.63, 3.8) is 0 Å². The van der Waals surface area contributed by atoms with Crippen LogP contribution in [0.25, 0.3) is 0 Å². The average Bonchev–Trinajstić information content (AvgIpc) is 2.67. The minimum atomic E-state index is 0.619. The van der Waals surface area contributed by atoms with Crippen LogP contribution in [0.1, 0.15) is 6.42 Å². The molecule has 2 rings (SSSR count). The Hall–Kier alpha value is -0.610. The summed E-state index contributed by atoms with van der Waals surface area (Å²) in [7, 11) is 2.17. The highest BCUT2D eigenvalue weighted by Gasteiger charge is 2.28. The van der Waals surface area contributed by atoms with Gasteiger partial charge < -0.3 is 9.80 Å². The molecule has 0 aromatic carbocycles. The second-order valence-corrected chi connectivity index (χ2v) is 4.38. The van der Waals surface area contributed by atoms with Gasteiger partial charge in [0.15, 0.2) is 0 Å². The van der Waals surface area contributed by atoms with Gasteiger partial charge in [-0.05, 0) is 13.5 Å². The standard InChI is InChI=1S/C10H19N3O/c1-11-4-6-13(7-5-11)10-2-3-12(8-10)9-14/h9-10H,2-8H2,1H3/t10-/m0/s1. The van der Waals surface area contributed by atoms with Crippen molar-refractivity contribution < 1.29 is 4.79 Å². The number of likely N-dealkylation sites (tertiary alicyclic amines) is 1. The lowest BCUT2D eigenvalue weighted by Crippen LogP contribution is -2.49. The van der Waals surface area contributed by atoms with Crippen LogP contribution in [0.2, 0.25) is 0 Å². The molecule has 0 bridgehead atoms. The Morgan fingerprint density at radius 3 is 2.43 bits per heavy atom. The van der Waals surface area contributed by atoms with E-state index in [0.29, 0.717) is 6.04 Å². The first-order chi connectivity index (χ1) is 6.79. The van der Waals surface area contributed by atoms with Gasteiger partial charge in [-0.25, -0.2) is 0 Å². The highest BCUT2D eigenvalue weighted by Crippen LogP contribution is 2.15. The third-order valence-corrected chi connectivity index (χ3v) is 3.40. The van der Waals surface area contributed by atoms with Crippen LogP contribution in [0, 0.1) is 0 Å². The number of carbonyl (C=O) groups excluding carboxylic acids is 1. The summed E-state index contributed by atoms with van der Waals surface area (Å²) in [5.74, 6) is 0. The zero-order valence-corrected chi connectivity index (χ0v) is 8.85. The van der Waals surface area contributed by atoms with E-state index in [1.54, 1.807) is 0 Å². The molecule has 1 amide bonds. The molecule has 80 valence electrons. The van der Waals surface area contributed by atoms with Crippen LogP contribution in [0.5, 0.6) is 0 Å². The quantitative estimate of drug-likeness (QED) is 0.557. The van der Waals surface area contributed by atoms with E-state index >= 15 is 0 Å². The van der Waals surface area contributed by atoms with Gasteiger partial charge in [0.25, 0.3) is 0 Å².